The molecule has 0 radical (unpaired) electrons. The monoisotopic (exact) mass is 468 g/mol. The van der Waals surface area contributed by atoms with Gasteiger partial charge in [0.1, 0.15) is 0 Å². The van der Waals surface area contributed by atoms with Gasteiger partial charge in [-0.2, -0.15) is 0 Å². The zero-order valence-electron chi connectivity index (χ0n) is 21.2. The highest BCUT2D eigenvalue weighted by molar-refractivity contribution is 5.97. The number of unbranched alkanes of at least 4 members (excludes halogenated alkanes) is 1. The average molecular weight is 469 g/mol. The van der Waals surface area contributed by atoms with E-state index in [4.69, 9.17) is 11.1 Å². The number of fused-ring (bicyclic) bond motifs is 2. The van der Waals surface area contributed by atoms with Crippen LogP contribution in [0.4, 0.5) is 0 Å². The molecule has 188 valence electrons. The Hall–Kier alpha value is -1.95. The third-order valence-electron chi connectivity index (χ3n) is 9.10. The van der Waals surface area contributed by atoms with Crippen molar-refractivity contribution in [2.24, 2.45) is 34.8 Å². The normalized spacial score (nSPS) is 28.5. The van der Waals surface area contributed by atoms with Gasteiger partial charge >= 0.3 is 0 Å². The number of allylic oxidation sites excluding steroid dienone is 4. The van der Waals surface area contributed by atoms with Crippen LogP contribution in [0.15, 0.2) is 23.8 Å². The van der Waals surface area contributed by atoms with Gasteiger partial charge in [0.05, 0.1) is 5.84 Å². The Balaban J connectivity index is 1.29. The van der Waals surface area contributed by atoms with Gasteiger partial charge in [0, 0.05) is 43.8 Å². The van der Waals surface area contributed by atoms with Crippen molar-refractivity contribution in [2.75, 3.05) is 32.7 Å². The summed E-state index contributed by atoms with van der Waals surface area (Å²) in [6, 6.07) is 0. The van der Waals surface area contributed by atoms with Gasteiger partial charge < -0.3 is 15.5 Å². The summed E-state index contributed by atoms with van der Waals surface area (Å²) in [4.78, 5) is 30.7. The van der Waals surface area contributed by atoms with Crippen molar-refractivity contribution in [1.29, 1.82) is 5.41 Å². The maximum atomic E-state index is 13.3. The van der Waals surface area contributed by atoms with Crippen LogP contribution in [0.2, 0.25) is 0 Å². The Kier molecular flexibility index (Phi) is 7.96. The average Bonchev–Trinajstić information content (AvgIpc) is 3.01. The molecule has 3 atom stereocenters. The number of hydrogen-bond donors (Lipinski definition) is 2. The van der Waals surface area contributed by atoms with Crippen LogP contribution in [0.25, 0.3) is 0 Å². The fourth-order valence-corrected chi connectivity index (χ4v) is 6.67. The largest absolute Gasteiger partial charge is 0.387 e. The number of nitrogens with two attached hydrogens (primary N) is 1. The number of nitrogens with one attached hydrogen (secondary N) is 1. The van der Waals surface area contributed by atoms with E-state index in [0.717, 1.165) is 89.7 Å². The quantitative estimate of drug-likeness (QED) is 0.333. The van der Waals surface area contributed by atoms with Gasteiger partial charge in [-0.1, -0.05) is 44.9 Å². The van der Waals surface area contributed by atoms with Crippen molar-refractivity contribution in [3.8, 4) is 0 Å². The molecule has 0 aromatic carbocycles. The zero-order valence-corrected chi connectivity index (χ0v) is 21.2. The number of Topliss-reactive ketones (excluding diaryl/α,β-unsaturated/α-hetero) is 1. The highest BCUT2D eigenvalue weighted by atomic mass is 16.2. The summed E-state index contributed by atoms with van der Waals surface area (Å²) in [6.45, 7) is 8.56. The molecule has 6 heteroatoms. The summed E-state index contributed by atoms with van der Waals surface area (Å²) in [6.07, 6.45) is 15.3. The van der Waals surface area contributed by atoms with Gasteiger partial charge in [-0.3, -0.25) is 15.0 Å². The number of carbonyl (C=O) groups excluding carboxylic acids is 2. The SMILES string of the molecule is CCCCC(CN1CCC(C(=O)N2CCC3(CC2)CC(=O)C2=CC3C=CCC2C)CC1)C(=N)N. The first-order chi connectivity index (χ1) is 16.3. The maximum Gasteiger partial charge on any atom is 0.225 e. The van der Waals surface area contributed by atoms with E-state index in [1.165, 1.54) is 0 Å². The minimum Gasteiger partial charge on any atom is -0.387 e. The van der Waals surface area contributed by atoms with Gasteiger partial charge in [-0.15, -0.1) is 0 Å². The molecule has 2 fully saturated rings. The minimum absolute atomic E-state index is 0.00147. The lowest BCUT2D eigenvalue weighted by atomic mass is 9.61. The molecule has 2 heterocycles. The van der Waals surface area contributed by atoms with E-state index in [9.17, 15) is 9.59 Å². The number of amidine groups is 1. The van der Waals surface area contributed by atoms with Crippen LogP contribution in [0.5, 0.6) is 0 Å². The molecule has 3 unspecified atom stereocenters. The first kappa shape index (κ1) is 25.2. The number of amides is 1. The third kappa shape index (κ3) is 5.32. The van der Waals surface area contributed by atoms with Gasteiger partial charge in [-0.05, 0) is 68.5 Å². The van der Waals surface area contributed by atoms with E-state index in [2.05, 4.69) is 41.9 Å². The standard InChI is InChI=1S/C28H44N4O2/c1-3-4-7-22(26(29)30)19-31-13-9-21(10-14-31)27(34)32-15-11-28(12-16-32)18-25(33)24-17-23(28)8-5-6-20(24)2/h5,8,17,20-23H,3-4,6-7,9-16,18-19H2,1-2H3,(H3,29,30). The van der Waals surface area contributed by atoms with Crippen molar-refractivity contribution in [3.05, 3.63) is 23.8 Å². The van der Waals surface area contributed by atoms with Crippen LogP contribution in [-0.4, -0.2) is 60.0 Å². The third-order valence-corrected chi connectivity index (χ3v) is 9.10. The van der Waals surface area contributed by atoms with E-state index in [-0.39, 0.29) is 17.3 Å². The zero-order chi connectivity index (χ0) is 24.3. The topological polar surface area (TPSA) is 90.5 Å². The second-order valence-corrected chi connectivity index (χ2v) is 11.4. The molecular weight excluding hydrogens is 424 g/mol. The molecule has 0 aromatic rings. The van der Waals surface area contributed by atoms with E-state index < -0.39 is 0 Å². The number of likely N-dealkylation sites (tertiary alicyclic amines) is 2. The molecule has 2 aliphatic heterocycles. The number of rotatable bonds is 7. The second-order valence-electron chi connectivity index (χ2n) is 11.4. The lowest BCUT2D eigenvalue weighted by Crippen LogP contribution is -2.50. The smallest absolute Gasteiger partial charge is 0.225 e. The molecule has 4 aliphatic rings. The summed E-state index contributed by atoms with van der Waals surface area (Å²) in [7, 11) is 0. The molecule has 3 N–H and O–H groups in total. The van der Waals surface area contributed by atoms with Gasteiger partial charge in [0.25, 0.3) is 0 Å². The molecule has 0 aromatic heterocycles. The van der Waals surface area contributed by atoms with Gasteiger partial charge in [0.15, 0.2) is 5.78 Å². The Morgan fingerprint density at radius 1 is 1.24 bits per heavy atom. The van der Waals surface area contributed by atoms with E-state index >= 15 is 0 Å². The number of piperidine rings is 2. The summed E-state index contributed by atoms with van der Waals surface area (Å²) in [5, 5.41) is 7.91. The number of ketones is 1. The molecule has 1 spiro atoms. The van der Waals surface area contributed by atoms with Crippen molar-refractivity contribution in [1.82, 2.24) is 9.80 Å². The molecule has 2 aliphatic carbocycles. The molecule has 2 bridgehead atoms. The Labute approximate surface area is 205 Å². The molecule has 4 rings (SSSR count). The summed E-state index contributed by atoms with van der Waals surface area (Å²) < 4.78 is 0. The van der Waals surface area contributed by atoms with Crippen LogP contribution in [0.1, 0.15) is 71.6 Å². The molecule has 0 saturated carbocycles. The highest BCUT2D eigenvalue weighted by Gasteiger charge is 2.46. The minimum atomic E-state index is 0.00147. The Bertz CT molecular complexity index is 831. The molecule has 34 heavy (non-hydrogen) atoms. The summed E-state index contributed by atoms with van der Waals surface area (Å²) in [5.74, 6) is 1.86. The van der Waals surface area contributed by atoms with Crippen LogP contribution in [-0.2, 0) is 9.59 Å². The van der Waals surface area contributed by atoms with Crippen molar-refractivity contribution >= 4 is 17.5 Å². The summed E-state index contributed by atoms with van der Waals surface area (Å²) in [5.41, 5.74) is 6.89. The molecule has 6 nitrogen and oxygen atoms in total. The lowest BCUT2D eigenvalue weighted by molar-refractivity contribution is -0.140. The van der Waals surface area contributed by atoms with E-state index in [0.29, 0.717) is 35.8 Å². The fourth-order valence-electron chi connectivity index (χ4n) is 6.67. The highest BCUT2D eigenvalue weighted by Crippen LogP contribution is 2.49. The molecular formula is C28H44N4O2. The predicted octanol–water partition coefficient (Wildman–Crippen LogP) is 4.16. The number of nitrogens with zero attached hydrogens (tertiary/aromatic N) is 2. The molecule has 1 amide bonds. The first-order valence-corrected chi connectivity index (χ1v) is 13.6. The fraction of sp³-hybridized carbons (Fsp3) is 0.750. The van der Waals surface area contributed by atoms with Crippen LogP contribution in [0.3, 0.4) is 0 Å². The van der Waals surface area contributed by atoms with Gasteiger partial charge in [-0.25, -0.2) is 0 Å². The van der Waals surface area contributed by atoms with E-state index in [1.54, 1.807) is 0 Å². The number of hydrogen-bond acceptors (Lipinski definition) is 4. The van der Waals surface area contributed by atoms with Gasteiger partial charge in [0.2, 0.25) is 5.91 Å². The van der Waals surface area contributed by atoms with E-state index in [1.807, 2.05) is 0 Å². The van der Waals surface area contributed by atoms with Crippen LogP contribution < -0.4 is 5.73 Å². The molecule has 2 saturated heterocycles. The summed E-state index contributed by atoms with van der Waals surface area (Å²) >= 11 is 0. The van der Waals surface area contributed by atoms with Crippen molar-refractivity contribution in [3.63, 3.8) is 0 Å². The van der Waals surface area contributed by atoms with Crippen LogP contribution >= 0.6 is 0 Å². The second kappa shape index (κ2) is 10.8. The Morgan fingerprint density at radius 2 is 1.94 bits per heavy atom. The predicted molar refractivity (Wildman–Crippen MR) is 136 cm³/mol. The van der Waals surface area contributed by atoms with Crippen molar-refractivity contribution in [2.45, 2.75) is 71.6 Å². The number of carbonyl (C=O) groups is 2. The van der Waals surface area contributed by atoms with Crippen LogP contribution in [0, 0.1) is 34.5 Å². The van der Waals surface area contributed by atoms with Crippen molar-refractivity contribution < 1.29 is 9.59 Å². The first-order valence-electron chi connectivity index (χ1n) is 13.6. The lowest BCUT2D eigenvalue weighted by Gasteiger charge is -2.47. The Morgan fingerprint density at radius 3 is 2.59 bits per heavy atom. The maximum absolute atomic E-state index is 13.3.